The molecule has 0 aliphatic carbocycles. The zero-order valence-electron chi connectivity index (χ0n) is 11.9. The summed E-state index contributed by atoms with van der Waals surface area (Å²) in [5.41, 5.74) is 0.861. The number of aliphatic hydroxyl groups is 1. The van der Waals surface area contributed by atoms with Gasteiger partial charge in [-0.25, -0.2) is 0 Å². The molecule has 1 atom stereocenters. The number of ether oxygens (including phenoxy) is 1. The van der Waals surface area contributed by atoms with Gasteiger partial charge in [0.25, 0.3) is 0 Å². The van der Waals surface area contributed by atoms with Gasteiger partial charge in [0.15, 0.2) is 0 Å². The van der Waals surface area contributed by atoms with Crippen molar-refractivity contribution in [2.75, 3.05) is 13.7 Å². The third-order valence-corrected chi connectivity index (χ3v) is 4.25. The summed E-state index contributed by atoms with van der Waals surface area (Å²) >= 11 is 1.72. The summed E-state index contributed by atoms with van der Waals surface area (Å²) in [6, 6.07) is 12.1. The van der Waals surface area contributed by atoms with Crippen LogP contribution in [0.5, 0.6) is 5.75 Å². The van der Waals surface area contributed by atoms with Gasteiger partial charge in [-0.15, -0.1) is 11.3 Å². The molecule has 1 unspecified atom stereocenters. The largest absolute Gasteiger partial charge is 0.497 e. The van der Waals surface area contributed by atoms with E-state index in [9.17, 15) is 5.11 Å². The molecule has 0 aliphatic heterocycles. The van der Waals surface area contributed by atoms with E-state index in [1.165, 1.54) is 10.4 Å². The summed E-state index contributed by atoms with van der Waals surface area (Å²) < 4.78 is 5.16. The van der Waals surface area contributed by atoms with Gasteiger partial charge in [-0.2, -0.15) is 0 Å². The molecule has 0 aliphatic rings. The third kappa shape index (κ3) is 4.07. The minimum atomic E-state index is -0.321. The molecule has 0 amide bonds. The minimum absolute atomic E-state index is 0.102. The molecule has 2 aromatic rings. The van der Waals surface area contributed by atoms with Crippen LogP contribution in [0, 0.1) is 0 Å². The predicted molar refractivity (Wildman–Crippen MR) is 83.3 cm³/mol. The van der Waals surface area contributed by atoms with Gasteiger partial charge < -0.3 is 15.2 Å². The van der Waals surface area contributed by atoms with Crippen molar-refractivity contribution in [2.45, 2.75) is 25.4 Å². The van der Waals surface area contributed by atoms with Crippen molar-refractivity contribution in [3.63, 3.8) is 0 Å². The van der Waals surface area contributed by atoms with E-state index >= 15 is 0 Å². The van der Waals surface area contributed by atoms with Crippen LogP contribution >= 0.6 is 11.3 Å². The van der Waals surface area contributed by atoms with Crippen molar-refractivity contribution in [2.24, 2.45) is 0 Å². The fourth-order valence-electron chi connectivity index (χ4n) is 2.08. The molecule has 1 aromatic heterocycles. The van der Waals surface area contributed by atoms with E-state index in [0.717, 1.165) is 18.7 Å². The first-order valence-corrected chi connectivity index (χ1v) is 7.54. The fraction of sp³-hybridized carbons (Fsp3) is 0.375. The number of rotatable bonds is 7. The summed E-state index contributed by atoms with van der Waals surface area (Å²) in [6.07, 6.45) is 0.777. The smallest absolute Gasteiger partial charge is 0.118 e. The van der Waals surface area contributed by atoms with E-state index in [-0.39, 0.29) is 12.1 Å². The molecule has 0 radical (unpaired) electrons. The van der Waals surface area contributed by atoms with Crippen LogP contribution < -0.4 is 10.1 Å². The molecule has 0 bridgehead atoms. The second-order valence-electron chi connectivity index (χ2n) is 5.18. The Morgan fingerprint density at radius 2 is 2.00 bits per heavy atom. The van der Waals surface area contributed by atoms with Crippen LogP contribution in [0.3, 0.4) is 0 Å². The van der Waals surface area contributed by atoms with Gasteiger partial charge in [-0.1, -0.05) is 18.2 Å². The van der Waals surface area contributed by atoms with E-state index < -0.39 is 0 Å². The van der Waals surface area contributed by atoms with Crippen LogP contribution in [0.25, 0.3) is 0 Å². The SMILES string of the molecule is COc1ccc(CC(C)(CO)NCc2cccs2)cc1. The second kappa shape index (κ2) is 6.88. The minimum Gasteiger partial charge on any atom is -0.497 e. The maximum atomic E-state index is 9.69. The molecule has 3 nitrogen and oxygen atoms in total. The number of thiophene rings is 1. The van der Waals surface area contributed by atoms with Crippen LogP contribution in [0.15, 0.2) is 41.8 Å². The molecule has 2 N–H and O–H groups in total. The first-order valence-electron chi connectivity index (χ1n) is 6.66. The Morgan fingerprint density at radius 3 is 2.55 bits per heavy atom. The number of hydrogen-bond acceptors (Lipinski definition) is 4. The lowest BCUT2D eigenvalue weighted by Gasteiger charge is -2.29. The number of hydrogen-bond donors (Lipinski definition) is 2. The molecule has 0 spiro atoms. The van der Waals surface area contributed by atoms with Gasteiger partial charge in [-0.05, 0) is 42.5 Å². The first kappa shape index (κ1) is 15.0. The zero-order valence-corrected chi connectivity index (χ0v) is 12.7. The standard InChI is InChI=1S/C16H21NO2S/c1-16(12-18,17-11-15-4-3-9-20-15)10-13-5-7-14(19-2)8-6-13/h3-9,17-18H,10-12H2,1-2H3. The Kier molecular flexibility index (Phi) is 5.17. The molecule has 20 heavy (non-hydrogen) atoms. The van der Waals surface area contributed by atoms with Gasteiger partial charge in [0.1, 0.15) is 5.75 Å². The predicted octanol–water partition coefficient (Wildman–Crippen LogP) is 2.84. The average Bonchev–Trinajstić information content (AvgIpc) is 2.99. The third-order valence-electron chi connectivity index (χ3n) is 3.37. The topological polar surface area (TPSA) is 41.5 Å². The van der Waals surface area contributed by atoms with Crippen molar-refractivity contribution >= 4 is 11.3 Å². The van der Waals surface area contributed by atoms with Crippen LogP contribution in [-0.4, -0.2) is 24.4 Å². The molecule has 108 valence electrons. The molecule has 0 fully saturated rings. The first-order chi connectivity index (χ1) is 9.65. The van der Waals surface area contributed by atoms with Crippen molar-refractivity contribution in [3.8, 4) is 5.75 Å². The number of aliphatic hydroxyl groups excluding tert-OH is 1. The van der Waals surface area contributed by atoms with E-state index in [2.05, 4.69) is 16.8 Å². The maximum Gasteiger partial charge on any atom is 0.118 e. The summed E-state index contributed by atoms with van der Waals surface area (Å²) in [4.78, 5) is 1.28. The highest BCUT2D eigenvalue weighted by atomic mass is 32.1. The Hall–Kier alpha value is -1.36. The van der Waals surface area contributed by atoms with Crippen molar-refractivity contribution in [3.05, 3.63) is 52.2 Å². The number of methoxy groups -OCH3 is 1. The summed E-state index contributed by atoms with van der Waals surface area (Å²) in [5.74, 6) is 0.853. The zero-order chi connectivity index (χ0) is 14.4. The van der Waals surface area contributed by atoms with Crippen LogP contribution in [0.1, 0.15) is 17.4 Å². The van der Waals surface area contributed by atoms with Gasteiger partial charge in [0.2, 0.25) is 0 Å². The molecule has 4 heteroatoms. The highest BCUT2D eigenvalue weighted by Crippen LogP contribution is 2.18. The monoisotopic (exact) mass is 291 g/mol. The highest BCUT2D eigenvalue weighted by molar-refractivity contribution is 7.09. The van der Waals surface area contributed by atoms with E-state index in [4.69, 9.17) is 4.74 Å². The summed E-state index contributed by atoms with van der Waals surface area (Å²) in [7, 11) is 1.66. The molecule has 1 heterocycles. The Labute approximate surface area is 124 Å². The normalized spacial score (nSPS) is 13.9. The number of nitrogens with one attached hydrogen (secondary N) is 1. The van der Waals surface area contributed by atoms with Crippen molar-refractivity contribution in [1.82, 2.24) is 5.32 Å². The number of benzene rings is 1. The van der Waals surface area contributed by atoms with Gasteiger partial charge in [0, 0.05) is 17.0 Å². The maximum absolute atomic E-state index is 9.69. The van der Waals surface area contributed by atoms with Gasteiger partial charge in [0.05, 0.1) is 13.7 Å². The second-order valence-corrected chi connectivity index (χ2v) is 6.21. The molecular formula is C16H21NO2S. The molecular weight excluding hydrogens is 270 g/mol. The van der Waals surface area contributed by atoms with Gasteiger partial charge >= 0.3 is 0 Å². The van der Waals surface area contributed by atoms with Crippen LogP contribution in [0.2, 0.25) is 0 Å². The molecule has 0 saturated heterocycles. The average molecular weight is 291 g/mol. The molecule has 1 aromatic carbocycles. The Morgan fingerprint density at radius 1 is 1.25 bits per heavy atom. The van der Waals surface area contributed by atoms with Crippen LogP contribution in [0.4, 0.5) is 0 Å². The van der Waals surface area contributed by atoms with Gasteiger partial charge in [-0.3, -0.25) is 0 Å². The summed E-state index contributed by atoms with van der Waals surface area (Å²) in [6.45, 7) is 2.93. The van der Waals surface area contributed by atoms with E-state index in [1.54, 1.807) is 18.4 Å². The molecule has 0 saturated carbocycles. The van der Waals surface area contributed by atoms with Crippen molar-refractivity contribution in [1.29, 1.82) is 0 Å². The highest BCUT2D eigenvalue weighted by Gasteiger charge is 2.23. The molecule has 2 rings (SSSR count). The lowest BCUT2D eigenvalue weighted by Crippen LogP contribution is -2.47. The van der Waals surface area contributed by atoms with E-state index in [1.807, 2.05) is 37.3 Å². The summed E-state index contributed by atoms with van der Waals surface area (Å²) in [5, 5.41) is 15.2. The lowest BCUT2D eigenvalue weighted by molar-refractivity contribution is 0.172. The van der Waals surface area contributed by atoms with Crippen LogP contribution in [-0.2, 0) is 13.0 Å². The Bertz CT molecular complexity index is 510. The fourth-order valence-corrected chi connectivity index (χ4v) is 2.73. The van der Waals surface area contributed by atoms with Crippen molar-refractivity contribution < 1.29 is 9.84 Å². The quantitative estimate of drug-likeness (QED) is 0.824. The van der Waals surface area contributed by atoms with E-state index in [0.29, 0.717) is 0 Å². The lowest BCUT2D eigenvalue weighted by atomic mass is 9.93. The Balaban J connectivity index is 1.98.